The van der Waals surface area contributed by atoms with Gasteiger partial charge in [0.05, 0.1) is 14.7 Å². The van der Waals surface area contributed by atoms with E-state index in [2.05, 4.69) is 31.9 Å². The van der Waals surface area contributed by atoms with Gasteiger partial charge in [0, 0.05) is 14.9 Å². The van der Waals surface area contributed by atoms with Gasteiger partial charge in [-0.15, -0.1) is 22.9 Å². The van der Waals surface area contributed by atoms with Crippen molar-refractivity contribution in [3.63, 3.8) is 0 Å². The van der Waals surface area contributed by atoms with E-state index in [1.165, 1.54) is 17.4 Å². The minimum atomic E-state index is -4.74. The van der Waals surface area contributed by atoms with Crippen LogP contribution in [0.15, 0.2) is 32.5 Å². The molecule has 0 nitrogen and oxygen atoms in total. The summed E-state index contributed by atoms with van der Waals surface area (Å²) in [7, 11) is 0. The van der Waals surface area contributed by atoms with Crippen LogP contribution in [0.25, 0.3) is 0 Å². The molecule has 1 atom stereocenters. The molecule has 0 saturated carbocycles. The zero-order valence-corrected chi connectivity index (χ0v) is 14.2. The number of rotatable bonds is 2. The fourth-order valence-electron chi connectivity index (χ4n) is 1.61. The molecule has 1 unspecified atom stereocenters. The number of thiophene rings is 1. The quantitative estimate of drug-likeness (QED) is 0.349. The van der Waals surface area contributed by atoms with Gasteiger partial charge in [0.25, 0.3) is 0 Å². The normalized spacial score (nSPS) is 13.6. The lowest BCUT2D eigenvalue weighted by molar-refractivity contribution is -0.140. The SMILES string of the molecule is Fc1c(C(Cl)c2cc(Br)c(Br)s2)cccc1C(F)(F)F. The summed E-state index contributed by atoms with van der Waals surface area (Å²) in [5, 5.41) is -0.982. The van der Waals surface area contributed by atoms with Crippen molar-refractivity contribution < 1.29 is 17.6 Å². The Kier molecular flexibility index (Phi) is 4.83. The first-order valence-corrected chi connectivity index (χ1v) is 8.00. The fourth-order valence-corrected chi connectivity index (χ4v) is 4.06. The lowest BCUT2D eigenvalue weighted by atomic mass is 10.1. The Balaban J connectivity index is 2.48. The van der Waals surface area contributed by atoms with Gasteiger partial charge in [-0.1, -0.05) is 12.1 Å². The van der Waals surface area contributed by atoms with Gasteiger partial charge in [-0.05, 0) is 44.0 Å². The molecule has 1 heterocycles. The Morgan fingerprint density at radius 2 is 1.85 bits per heavy atom. The first-order chi connectivity index (χ1) is 9.21. The van der Waals surface area contributed by atoms with E-state index in [1.54, 1.807) is 6.07 Å². The van der Waals surface area contributed by atoms with Gasteiger partial charge < -0.3 is 0 Å². The van der Waals surface area contributed by atoms with E-state index in [4.69, 9.17) is 11.6 Å². The van der Waals surface area contributed by atoms with Gasteiger partial charge in [0.2, 0.25) is 0 Å². The van der Waals surface area contributed by atoms with Crippen LogP contribution in [0.1, 0.15) is 21.4 Å². The third-order valence-electron chi connectivity index (χ3n) is 2.52. The topological polar surface area (TPSA) is 0 Å². The third-order valence-corrected chi connectivity index (χ3v) is 6.44. The molecular formula is C12H5Br2ClF4S. The molecule has 0 saturated heterocycles. The van der Waals surface area contributed by atoms with Crippen molar-refractivity contribution >= 4 is 54.8 Å². The first-order valence-electron chi connectivity index (χ1n) is 5.16. The maximum atomic E-state index is 14.0. The second-order valence-corrected chi connectivity index (χ2v) is 7.53. The number of hydrogen-bond acceptors (Lipinski definition) is 1. The van der Waals surface area contributed by atoms with Crippen molar-refractivity contribution in [2.75, 3.05) is 0 Å². The van der Waals surface area contributed by atoms with Gasteiger partial charge in [0.1, 0.15) is 5.82 Å². The Morgan fingerprint density at radius 3 is 2.35 bits per heavy atom. The molecule has 0 radical (unpaired) electrons. The van der Waals surface area contributed by atoms with Crippen LogP contribution in [-0.2, 0) is 6.18 Å². The second kappa shape index (κ2) is 5.94. The molecule has 1 aromatic heterocycles. The highest BCUT2D eigenvalue weighted by atomic mass is 79.9. The summed E-state index contributed by atoms with van der Waals surface area (Å²) in [5.74, 6) is -1.33. The molecule has 0 N–H and O–H groups in total. The van der Waals surface area contributed by atoms with Crippen LogP contribution in [-0.4, -0.2) is 0 Å². The molecule has 2 aromatic rings. The summed E-state index contributed by atoms with van der Waals surface area (Å²) in [6, 6.07) is 4.74. The molecule has 0 fully saturated rings. The Bertz CT molecular complexity index is 619. The Hall–Kier alpha value is -0.110. The summed E-state index contributed by atoms with van der Waals surface area (Å²) in [6.45, 7) is 0. The minimum absolute atomic E-state index is 0.192. The summed E-state index contributed by atoms with van der Waals surface area (Å²) in [6.07, 6.45) is -4.74. The maximum absolute atomic E-state index is 14.0. The van der Waals surface area contributed by atoms with Crippen molar-refractivity contribution in [2.24, 2.45) is 0 Å². The van der Waals surface area contributed by atoms with Gasteiger partial charge in [-0.2, -0.15) is 13.2 Å². The molecule has 0 aliphatic rings. The summed E-state index contributed by atoms with van der Waals surface area (Å²) >= 11 is 13.8. The zero-order valence-electron chi connectivity index (χ0n) is 9.44. The number of alkyl halides is 4. The minimum Gasteiger partial charge on any atom is -0.206 e. The average molecular weight is 452 g/mol. The Labute approximate surface area is 138 Å². The van der Waals surface area contributed by atoms with E-state index in [9.17, 15) is 17.6 Å². The first kappa shape index (κ1) is 16.3. The highest BCUT2D eigenvalue weighted by Crippen LogP contribution is 2.42. The van der Waals surface area contributed by atoms with Crippen LogP contribution in [0.3, 0.4) is 0 Å². The van der Waals surface area contributed by atoms with Crippen molar-refractivity contribution in [2.45, 2.75) is 11.6 Å². The zero-order chi connectivity index (χ0) is 15.1. The molecule has 0 bridgehead atoms. The molecular weight excluding hydrogens is 447 g/mol. The molecule has 108 valence electrons. The molecule has 0 amide bonds. The molecule has 0 aliphatic carbocycles. The van der Waals surface area contributed by atoms with Gasteiger partial charge >= 0.3 is 6.18 Å². The third kappa shape index (κ3) is 3.21. The smallest absolute Gasteiger partial charge is 0.206 e. The molecule has 20 heavy (non-hydrogen) atoms. The van der Waals surface area contributed by atoms with E-state index < -0.39 is 22.9 Å². The molecule has 2 rings (SSSR count). The largest absolute Gasteiger partial charge is 0.419 e. The van der Waals surface area contributed by atoms with E-state index in [0.717, 1.165) is 14.3 Å². The molecule has 8 heteroatoms. The van der Waals surface area contributed by atoms with Crippen molar-refractivity contribution in [3.8, 4) is 0 Å². The maximum Gasteiger partial charge on any atom is 0.419 e. The summed E-state index contributed by atoms with van der Waals surface area (Å²) in [4.78, 5) is 0.545. The van der Waals surface area contributed by atoms with E-state index in [0.29, 0.717) is 10.9 Å². The summed E-state index contributed by atoms with van der Waals surface area (Å²) in [5.41, 5.74) is -1.50. The monoisotopic (exact) mass is 450 g/mol. The van der Waals surface area contributed by atoms with Crippen LogP contribution in [0.2, 0.25) is 0 Å². The van der Waals surface area contributed by atoms with Gasteiger partial charge in [-0.3, -0.25) is 0 Å². The lowest BCUT2D eigenvalue weighted by Crippen LogP contribution is -2.10. The average Bonchev–Trinajstić information content (AvgIpc) is 2.67. The predicted molar refractivity (Wildman–Crippen MR) is 78.8 cm³/mol. The van der Waals surface area contributed by atoms with Crippen LogP contribution in [0.4, 0.5) is 17.6 Å². The van der Waals surface area contributed by atoms with Crippen LogP contribution in [0.5, 0.6) is 0 Å². The predicted octanol–water partition coefficient (Wildman–Crippen LogP) is 6.76. The van der Waals surface area contributed by atoms with Crippen molar-refractivity contribution in [3.05, 3.63) is 54.3 Å². The standard InChI is InChI=1S/C12H5Br2ClF4S/c13-7-4-8(20-11(7)14)9(15)5-2-1-3-6(10(5)16)12(17,18)19/h1-4,9H. The van der Waals surface area contributed by atoms with E-state index in [1.807, 2.05) is 0 Å². The summed E-state index contributed by atoms with van der Waals surface area (Å²) < 4.78 is 53.4. The van der Waals surface area contributed by atoms with Crippen molar-refractivity contribution in [1.82, 2.24) is 0 Å². The number of hydrogen-bond donors (Lipinski definition) is 0. The van der Waals surface area contributed by atoms with E-state index >= 15 is 0 Å². The number of halogens is 7. The molecule has 1 aromatic carbocycles. The van der Waals surface area contributed by atoms with E-state index in [-0.39, 0.29) is 5.56 Å². The Morgan fingerprint density at radius 1 is 1.20 bits per heavy atom. The fraction of sp³-hybridized carbons (Fsp3) is 0.167. The highest BCUT2D eigenvalue weighted by molar-refractivity contribution is 9.13. The molecule has 0 spiro atoms. The van der Waals surface area contributed by atoms with Gasteiger partial charge in [-0.25, -0.2) is 4.39 Å². The van der Waals surface area contributed by atoms with Gasteiger partial charge in [0.15, 0.2) is 0 Å². The van der Waals surface area contributed by atoms with Crippen LogP contribution < -0.4 is 0 Å². The van der Waals surface area contributed by atoms with Crippen LogP contribution >= 0.6 is 54.8 Å². The van der Waals surface area contributed by atoms with Crippen LogP contribution in [0, 0.1) is 5.82 Å². The number of benzene rings is 1. The van der Waals surface area contributed by atoms with Crippen molar-refractivity contribution in [1.29, 1.82) is 0 Å². The lowest BCUT2D eigenvalue weighted by Gasteiger charge is -2.14. The molecule has 0 aliphatic heterocycles. The highest BCUT2D eigenvalue weighted by Gasteiger charge is 2.35. The second-order valence-electron chi connectivity index (χ2n) is 3.84.